The Kier molecular flexibility index (Phi) is 6.27. The molecule has 2 unspecified atom stereocenters. The number of carbonyl (C=O) groups excluding carboxylic acids is 2. The highest BCUT2D eigenvalue weighted by Crippen LogP contribution is 2.38. The van der Waals surface area contributed by atoms with Gasteiger partial charge < -0.3 is 15.0 Å². The van der Waals surface area contributed by atoms with Gasteiger partial charge in [-0.25, -0.2) is 4.79 Å². The van der Waals surface area contributed by atoms with Gasteiger partial charge in [0.1, 0.15) is 6.04 Å². The van der Waals surface area contributed by atoms with Gasteiger partial charge in [-0.1, -0.05) is 34.1 Å². The van der Waals surface area contributed by atoms with Crippen molar-refractivity contribution >= 4 is 12.0 Å². The maximum Gasteiger partial charge on any atom is 0.407 e. The van der Waals surface area contributed by atoms with Crippen LogP contribution in [-0.2, 0) is 9.53 Å². The second-order valence-electron chi connectivity index (χ2n) is 7.37. The molecule has 5 nitrogen and oxygen atoms in total. The summed E-state index contributed by atoms with van der Waals surface area (Å²) in [7, 11) is 1.32. The van der Waals surface area contributed by atoms with E-state index in [-0.39, 0.29) is 23.4 Å². The summed E-state index contributed by atoms with van der Waals surface area (Å²) in [4.78, 5) is 26.7. The van der Waals surface area contributed by atoms with Crippen LogP contribution in [0.5, 0.6) is 0 Å². The average Bonchev–Trinajstić information content (AvgIpc) is 2.77. The fourth-order valence-electron chi connectivity index (χ4n) is 3.32. The van der Waals surface area contributed by atoms with E-state index in [1.807, 2.05) is 18.7 Å². The lowest BCUT2D eigenvalue weighted by Gasteiger charge is -2.41. The molecule has 1 aliphatic rings. The fourth-order valence-corrected chi connectivity index (χ4v) is 3.32. The molecule has 1 saturated heterocycles. The second kappa shape index (κ2) is 7.34. The van der Waals surface area contributed by atoms with Gasteiger partial charge in [0, 0.05) is 11.6 Å². The molecular weight excluding hydrogens is 280 g/mol. The van der Waals surface area contributed by atoms with Crippen molar-refractivity contribution in [1.82, 2.24) is 10.2 Å². The summed E-state index contributed by atoms with van der Waals surface area (Å²) < 4.78 is 4.67. The van der Waals surface area contributed by atoms with Gasteiger partial charge >= 0.3 is 6.09 Å². The maximum absolute atomic E-state index is 13.1. The molecule has 0 aliphatic carbocycles. The third-order valence-corrected chi connectivity index (χ3v) is 4.97. The molecule has 128 valence electrons. The average molecular weight is 312 g/mol. The number of amides is 2. The molecule has 0 aromatic heterocycles. The minimum absolute atomic E-state index is 0.00759. The molecule has 1 rings (SSSR count). The van der Waals surface area contributed by atoms with E-state index < -0.39 is 12.1 Å². The zero-order valence-electron chi connectivity index (χ0n) is 15.1. The Balaban J connectivity index is 3.04. The van der Waals surface area contributed by atoms with Crippen molar-refractivity contribution in [3.05, 3.63) is 0 Å². The van der Waals surface area contributed by atoms with Crippen molar-refractivity contribution in [2.45, 2.75) is 78.4 Å². The minimum Gasteiger partial charge on any atom is -0.453 e. The first-order valence-electron chi connectivity index (χ1n) is 8.33. The Hall–Kier alpha value is -1.26. The largest absolute Gasteiger partial charge is 0.453 e. The molecule has 0 radical (unpaired) electrons. The lowest BCUT2D eigenvalue weighted by Crippen LogP contribution is -2.58. The van der Waals surface area contributed by atoms with Crippen LogP contribution in [0.4, 0.5) is 4.79 Å². The molecule has 0 spiro atoms. The molecule has 5 heteroatoms. The summed E-state index contributed by atoms with van der Waals surface area (Å²) in [6.45, 7) is 12.5. The van der Waals surface area contributed by atoms with E-state index in [0.29, 0.717) is 5.92 Å². The zero-order valence-corrected chi connectivity index (χ0v) is 15.1. The molecule has 0 bridgehead atoms. The lowest BCUT2D eigenvalue weighted by molar-refractivity contribution is -0.141. The van der Waals surface area contributed by atoms with Crippen molar-refractivity contribution < 1.29 is 14.3 Å². The van der Waals surface area contributed by atoms with Crippen molar-refractivity contribution in [2.24, 2.45) is 11.8 Å². The second-order valence-corrected chi connectivity index (χ2v) is 7.37. The molecule has 0 saturated carbocycles. The molecular formula is C17H32N2O3. The highest BCUT2D eigenvalue weighted by atomic mass is 16.5. The van der Waals surface area contributed by atoms with E-state index in [1.54, 1.807) is 0 Å². The van der Waals surface area contributed by atoms with Crippen molar-refractivity contribution in [1.29, 1.82) is 0 Å². The highest BCUT2D eigenvalue weighted by Gasteiger charge is 2.46. The Morgan fingerprint density at radius 1 is 1.32 bits per heavy atom. The van der Waals surface area contributed by atoms with Crippen molar-refractivity contribution in [3.63, 3.8) is 0 Å². The normalized spacial score (nSPS) is 23.3. The van der Waals surface area contributed by atoms with Gasteiger partial charge in [-0.05, 0) is 38.5 Å². The number of hydrogen-bond acceptors (Lipinski definition) is 3. The van der Waals surface area contributed by atoms with Gasteiger partial charge in [-0.2, -0.15) is 0 Å². The molecule has 1 fully saturated rings. The standard InChI is InChI=1S/C17H32N2O3/c1-8-12(4)13-9-10-17(5,6)19(13)15(20)14(11(2)3)18-16(21)22-7/h11-14H,8-10H2,1-7H3,(H,18,21)/t12?,13?,14-/m0/s1. The Labute approximate surface area is 134 Å². The Morgan fingerprint density at radius 2 is 1.91 bits per heavy atom. The van der Waals surface area contributed by atoms with Crippen LogP contribution < -0.4 is 5.32 Å². The molecule has 0 aromatic carbocycles. The smallest absolute Gasteiger partial charge is 0.407 e. The molecule has 2 amide bonds. The molecule has 1 N–H and O–H groups in total. The van der Waals surface area contributed by atoms with Crippen molar-refractivity contribution in [3.8, 4) is 0 Å². The van der Waals surface area contributed by atoms with Gasteiger partial charge in [0.2, 0.25) is 5.91 Å². The molecule has 1 aliphatic heterocycles. The Morgan fingerprint density at radius 3 is 2.36 bits per heavy atom. The first-order chi connectivity index (χ1) is 10.2. The van der Waals surface area contributed by atoms with Gasteiger partial charge in [0.25, 0.3) is 0 Å². The van der Waals surface area contributed by atoms with Crippen LogP contribution >= 0.6 is 0 Å². The number of ether oxygens (including phenoxy) is 1. The van der Waals surface area contributed by atoms with Crippen LogP contribution in [0.25, 0.3) is 0 Å². The SMILES string of the molecule is CCC(C)C1CCC(C)(C)N1C(=O)[C@@H](NC(=O)OC)C(C)C. The van der Waals surface area contributed by atoms with Crippen molar-refractivity contribution in [2.75, 3.05) is 7.11 Å². The number of carbonyl (C=O) groups is 2. The predicted molar refractivity (Wildman–Crippen MR) is 87.6 cm³/mol. The highest BCUT2D eigenvalue weighted by molar-refractivity contribution is 5.87. The van der Waals surface area contributed by atoms with Crippen LogP contribution in [0.15, 0.2) is 0 Å². The van der Waals surface area contributed by atoms with Gasteiger partial charge in [0.15, 0.2) is 0 Å². The van der Waals surface area contributed by atoms with Gasteiger partial charge in [0.05, 0.1) is 7.11 Å². The number of rotatable bonds is 5. The first-order valence-corrected chi connectivity index (χ1v) is 8.33. The number of nitrogens with one attached hydrogen (secondary N) is 1. The van der Waals surface area contributed by atoms with Gasteiger partial charge in [-0.15, -0.1) is 0 Å². The first kappa shape index (κ1) is 18.8. The molecule has 22 heavy (non-hydrogen) atoms. The van der Waals surface area contributed by atoms with Crippen LogP contribution in [0, 0.1) is 11.8 Å². The van der Waals surface area contributed by atoms with E-state index in [0.717, 1.165) is 19.3 Å². The van der Waals surface area contributed by atoms with Crippen LogP contribution in [-0.4, -0.2) is 41.6 Å². The topological polar surface area (TPSA) is 58.6 Å². The number of hydrogen-bond donors (Lipinski definition) is 1. The molecule has 1 heterocycles. The summed E-state index contributed by atoms with van der Waals surface area (Å²) in [5.74, 6) is 0.477. The molecule has 3 atom stereocenters. The van der Waals surface area contributed by atoms with Crippen LogP contribution in [0.2, 0.25) is 0 Å². The third-order valence-electron chi connectivity index (χ3n) is 4.97. The number of likely N-dealkylation sites (tertiary alicyclic amines) is 1. The quantitative estimate of drug-likeness (QED) is 0.848. The lowest BCUT2D eigenvalue weighted by atomic mass is 9.95. The summed E-state index contributed by atoms with van der Waals surface area (Å²) in [5.41, 5.74) is -0.171. The number of methoxy groups -OCH3 is 1. The third kappa shape index (κ3) is 3.93. The minimum atomic E-state index is -0.552. The maximum atomic E-state index is 13.1. The summed E-state index contributed by atoms with van der Waals surface area (Å²) in [6, 6.07) is -0.301. The number of alkyl carbamates (subject to hydrolysis) is 1. The van der Waals surface area contributed by atoms with E-state index in [2.05, 4.69) is 37.7 Å². The van der Waals surface area contributed by atoms with Gasteiger partial charge in [-0.3, -0.25) is 4.79 Å². The van der Waals surface area contributed by atoms with E-state index in [9.17, 15) is 9.59 Å². The number of nitrogens with zero attached hydrogens (tertiary/aromatic N) is 1. The monoisotopic (exact) mass is 312 g/mol. The Bertz CT molecular complexity index is 407. The predicted octanol–water partition coefficient (Wildman–Crippen LogP) is 3.18. The zero-order chi connectivity index (χ0) is 17.1. The van der Waals surface area contributed by atoms with Crippen LogP contribution in [0.1, 0.15) is 60.8 Å². The van der Waals surface area contributed by atoms with E-state index in [1.165, 1.54) is 7.11 Å². The van der Waals surface area contributed by atoms with E-state index in [4.69, 9.17) is 0 Å². The molecule has 0 aromatic rings. The summed E-state index contributed by atoms with van der Waals surface area (Å²) in [5, 5.41) is 2.71. The fraction of sp³-hybridized carbons (Fsp3) is 0.882. The van der Waals surface area contributed by atoms with Crippen LogP contribution in [0.3, 0.4) is 0 Å². The summed E-state index contributed by atoms with van der Waals surface area (Å²) >= 11 is 0. The van der Waals surface area contributed by atoms with E-state index >= 15 is 0 Å². The summed E-state index contributed by atoms with van der Waals surface area (Å²) in [6.07, 6.45) is 2.51.